The molecule has 1 saturated heterocycles. The summed E-state index contributed by atoms with van der Waals surface area (Å²) in [6.45, 7) is 7.15. The molecule has 5 nitrogen and oxygen atoms in total. The molecule has 0 aromatic carbocycles. The first-order valence-electron chi connectivity index (χ1n) is 5.80. The van der Waals surface area contributed by atoms with Gasteiger partial charge >= 0.3 is 0 Å². The molecule has 0 bridgehead atoms. The summed E-state index contributed by atoms with van der Waals surface area (Å²) in [6, 6.07) is -0.248. The summed E-state index contributed by atoms with van der Waals surface area (Å²) in [4.78, 5) is 13.8. The number of nitrogens with zero attached hydrogens (tertiary/aromatic N) is 1. The van der Waals surface area contributed by atoms with Crippen LogP contribution in [0.3, 0.4) is 0 Å². The zero-order valence-corrected chi connectivity index (χ0v) is 10.5. The van der Waals surface area contributed by atoms with Gasteiger partial charge in [-0.15, -0.1) is 0 Å². The van der Waals surface area contributed by atoms with Gasteiger partial charge in [0.1, 0.15) is 0 Å². The van der Waals surface area contributed by atoms with Crippen molar-refractivity contribution in [3.8, 4) is 0 Å². The Kier molecular flexibility index (Phi) is 5.18. The van der Waals surface area contributed by atoms with Crippen molar-refractivity contribution in [1.82, 2.24) is 10.2 Å². The third-order valence-corrected chi connectivity index (χ3v) is 2.62. The summed E-state index contributed by atoms with van der Waals surface area (Å²) in [5, 5.41) is 3.06. The van der Waals surface area contributed by atoms with Crippen molar-refractivity contribution in [1.29, 1.82) is 0 Å². The second kappa shape index (κ2) is 6.18. The molecule has 1 amide bonds. The highest BCUT2D eigenvalue weighted by molar-refractivity contribution is 5.81. The molecule has 0 spiro atoms. The van der Waals surface area contributed by atoms with Crippen molar-refractivity contribution in [2.75, 3.05) is 20.4 Å². The van der Waals surface area contributed by atoms with Crippen LogP contribution in [0.15, 0.2) is 0 Å². The zero-order chi connectivity index (χ0) is 12.1. The van der Waals surface area contributed by atoms with Crippen LogP contribution in [0.5, 0.6) is 0 Å². The number of likely N-dealkylation sites (N-methyl/N-ethyl adjacent to an activating group) is 1. The number of rotatable bonds is 6. The van der Waals surface area contributed by atoms with Crippen molar-refractivity contribution in [2.45, 2.75) is 39.6 Å². The van der Waals surface area contributed by atoms with Crippen molar-refractivity contribution < 1.29 is 14.3 Å². The molecule has 1 aliphatic heterocycles. The van der Waals surface area contributed by atoms with E-state index in [1.165, 1.54) is 0 Å². The van der Waals surface area contributed by atoms with Gasteiger partial charge in [-0.1, -0.05) is 20.8 Å². The number of ether oxygens (including phenoxy) is 2. The molecule has 94 valence electrons. The average molecular weight is 230 g/mol. The zero-order valence-electron chi connectivity index (χ0n) is 10.5. The molecule has 16 heavy (non-hydrogen) atoms. The third kappa shape index (κ3) is 3.43. The molecule has 1 aliphatic rings. The van der Waals surface area contributed by atoms with Gasteiger partial charge in [-0.05, 0) is 12.3 Å². The van der Waals surface area contributed by atoms with Gasteiger partial charge in [-0.3, -0.25) is 10.1 Å². The van der Waals surface area contributed by atoms with E-state index < -0.39 is 6.41 Å². The summed E-state index contributed by atoms with van der Waals surface area (Å²) in [5.41, 5.74) is 0. The fourth-order valence-electron chi connectivity index (χ4n) is 1.61. The van der Waals surface area contributed by atoms with E-state index in [9.17, 15) is 4.79 Å². The molecule has 0 aromatic rings. The minimum Gasteiger partial charge on any atom is -0.344 e. The van der Waals surface area contributed by atoms with Crippen LogP contribution in [-0.2, 0) is 14.3 Å². The minimum atomic E-state index is -0.425. The second-order valence-electron chi connectivity index (χ2n) is 4.43. The number of amides is 1. The van der Waals surface area contributed by atoms with Crippen molar-refractivity contribution in [2.24, 2.45) is 5.92 Å². The molecule has 1 fully saturated rings. The predicted octanol–water partition coefficient (Wildman–Crippen LogP) is 0.757. The lowest BCUT2D eigenvalue weighted by Crippen LogP contribution is -2.56. The summed E-state index contributed by atoms with van der Waals surface area (Å²) in [7, 11) is 1.82. The molecular formula is C11H22N2O3. The normalized spacial score (nSPS) is 18.3. The summed E-state index contributed by atoms with van der Waals surface area (Å²) < 4.78 is 10.2. The molecule has 1 heterocycles. The van der Waals surface area contributed by atoms with Crippen LogP contribution in [0.1, 0.15) is 27.2 Å². The smallest absolute Gasteiger partial charge is 0.239 e. The Morgan fingerprint density at radius 2 is 2.12 bits per heavy atom. The highest BCUT2D eigenvalue weighted by atomic mass is 16.9. The number of carbonyl (C=O) groups excluding carboxylic acids is 1. The Bertz CT molecular complexity index is 229. The quantitative estimate of drug-likeness (QED) is 0.732. The van der Waals surface area contributed by atoms with E-state index in [1.54, 1.807) is 4.90 Å². The summed E-state index contributed by atoms with van der Waals surface area (Å²) in [6.07, 6.45) is 0.537. The van der Waals surface area contributed by atoms with E-state index in [-0.39, 0.29) is 17.9 Å². The third-order valence-electron chi connectivity index (χ3n) is 2.62. The van der Waals surface area contributed by atoms with E-state index in [4.69, 9.17) is 9.47 Å². The lowest BCUT2D eigenvalue weighted by molar-refractivity contribution is -0.335. The molecule has 0 aromatic heterocycles. The first-order chi connectivity index (χ1) is 7.56. The molecule has 0 aliphatic carbocycles. The molecule has 0 unspecified atom stereocenters. The van der Waals surface area contributed by atoms with Crippen LogP contribution in [0.4, 0.5) is 0 Å². The summed E-state index contributed by atoms with van der Waals surface area (Å²) >= 11 is 0. The van der Waals surface area contributed by atoms with E-state index in [2.05, 4.69) is 12.2 Å². The van der Waals surface area contributed by atoms with Crippen LogP contribution in [0.25, 0.3) is 0 Å². The van der Waals surface area contributed by atoms with Crippen molar-refractivity contribution in [3.05, 3.63) is 0 Å². The first-order valence-corrected chi connectivity index (χ1v) is 5.80. The van der Waals surface area contributed by atoms with Crippen LogP contribution < -0.4 is 5.32 Å². The molecule has 1 atom stereocenters. The number of hydrogen-bond acceptors (Lipinski definition) is 4. The van der Waals surface area contributed by atoms with Gasteiger partial charge in [-0.2, -0.15) is 0 Å². The molecule has 5 heteroatoms. The van der Waals surface area contributed by atoms with Gasteiger partial charge in [0.25, 0.3) is 0 Å². The van der Waals surface area contributed by atoms with Crippen LogP contribution >= 0.6 is 0 Å². The second-order valence-corrected chi connectivity index (χ2v) is 4.43. The first kappa shape index (κ1) is 13.4. The maximum absolute atomic E-state index is 12.1. The predicted molar refractivity (Wildman–Crippen MR) is 60.5 cm³/mol. The van der Waals surface area contributed by atoms with Gasteiger partial charge in [0.15, 0.2) is 6.79 Å². The minimum absolute atomic E-state index is 0.0935. The van der Waals surface area contributed by atoms with E-state index in [0.29, 0.717) is 6.79 Å². The molecule has 0 saturated carbocycles. The lowest BCUT2D eigenvalue weighted by Gasteiger charge is -2.34. The van der Waals surface area contributed by atoms with Gasteiger partial charge < -0.3 is 14.4 Å². The fourth-order valence-corrected chi connectivity index (χ4v) is 1.61. The van der Waals surface area contributed by atoms with Gasteiger partial charge in [0.05, 0.1) is 6.04 Å². The SMILES string of the molecule is CCCN(C)C(=O)[C@@H](NC1OCO1)C(C)C. The Hall–Kier alpha value is -0.650. The van der Waals surface area contributed by atoms with Crippen molar-refractivity contribution in [3.63, 3.8) is 0 Å². The number of hydrogen-bond donors (Lipinski definition) is 1. The highest BCUT2D eigenvalue weighted by Gasteiger charge is 2.30. The van der Waals surface area contributed by atoms with Crippen LogP contribution in [0.2, 0.25) is 0 Å². The average Bonchev–Trinajstić information content (AvgIpc) is 2.15. The van der Waals surface area contributed by atoms with Crippen molar-refractivity contribution >= 4 is 5.91 Å². The largest absolute Gasteiger partial charge is 0.344 e. The molecular weight excluding hydrogens is 208 g/mol. The molecule has 1 rings (SSSR count). The number of nitrogens with one attached hydrogen (secondary N) is 1. The highest BCUT2D eigenvalue weighted by Crippen LogP contribution is 2.11. The van der Waals surface area contributed by atoms with Crippen LogP contribution in [-0.4, -0.2) is 43.6 Å². The Morgan fingerprint density at radius 3 is 2.50 bits per heavy atom. The lowest BCUT2D eigenvalue weighted by atomic mass is 10.0. The Balaban J connectivity index is 2.50. The van der Waals surface area contributed by atoms with Gasteiger partial charge in [0.2, 0.25) is 12.3 Å². The van der Waals surface area contributed by atoms with Crippen LogP contribution in [0, 0.1) is 5.92 Å². The maximum atomic E-state index is 12.1. The summed E-state index contributed by atoms with van der Waals surface area (Å²) in [5.74, 6) is 0.301. The monoisotopic (exact) mass is 230 g/mol. The number of carbonyl (C=O) groups is 1. The standard InChI is InChI=1S/C11H22N2O3/c1-5-6-13(4)10(14)9(8(2)3)12-11-15-7-16-11/h8-9,11-12H,5-7H2,1-4H3/t9-/m0/s1. The topological polar surface area (TPSA) is 50.8 Å². The van der Waals surface area contributed by atoms with E-state index in [1.807, 2.05) is 20.9 Å². The maximum Gasteiger partial charge on any atom is 0.239 e. The van der Waals surface area contributed by atoms with E-state index >= 15 is 0 Å². The molecule has 0 radical (unpaired) electrons. The Morgan fingerprint density at radius 1 is 1.50 bits per heavy atom. The van der Waals surface area contributed by atoms with Gasteiger partial charge in [0, 0.05) is 13.6 Å². The fraction of sp³-hybridized carbons (Fsp3) is 0.909. The Labute approximate surface area is 97.1 Å². The van der Waals surface area contributed by atoms with Gasteiger partial charge in [-0.25, -0.2) is 0 Å². The van der Waals surface area contributed by atoms with E-state index in [0.717, 1.165) is 13.0 Å². The molecule has 1 N–H and O–H groups in total.